The average Bonchev–Trinajstić information content (AvgIpc) is 2.83. The van der Waals surface area contributed by atoms with Gasteiger partial charge >= 0.3 is 0 Å². The number of fused-ring (bicyclic) bond motifs is 1. The van der Waals surface area contributed by atoms with Crippen molar-refractivity contribution in [1.82, 2.24) is 9.88 Å². The molecule has 0 spiro atoms. The Balaban J connectivity index is 1.72. The van der Waals surface area contributed by atoms with E-state index in [0.29, 0.717) is 0 Å². The third-order valence-corrected chi connectivity index (χ3v) is 4.17. The molecule has 0 aliphatic carbocycles. The predicted octanol–water partition coefficient (Wildman–Crippen LogP) is 3.61. The van der Waals surface area contributed by atoms with Crippen LogP contribution in [0.3, 0.4) is 0 Å². The maximum absolute atomic E-state index is 3.85. The van der Waals surface area contributed by atoms with Gasteiger partial charge in [0.1, 0.15) is 0 Å². The number of nitrogens with zero attached hydrogens (tertiary/aromatic N) is 1. The molecule has 1 saturated heterocycles. The fourth-order valence-corrected chi connectivity index (χ4v) is 3.28. The lowest BCUT2D eigenvalue weighted by atomic mass is 9.91. The zero-order valence-corrected chi connectivity index (χ0v) is 11.4. The molecule has 2 aromatic rings. The highest BCUT2D eigenvalue weighted by molar-refractivity contribution is 5.83. The number of likely N-dealkylation sites (tertiary alicyclic amines) is 1. The summed E-state index contributed by atoms with van der Waals surface area (Å²) < 4.78 is 0. The van der Waals surface area contributed by atoms with E-state index in [-0.39, 0.29) is 0 Å². The van der Waals surface area contributed by atoms with Crippen LogP contribution in [0.4, 0.5) is 0 Å². The molecule has 2 heteroatoms. The molecule has 1 aromatic carbocycles. The van der Waals surface area contributed by atoms with Crippen molar-refractivity contribution < 1.29 is 0 Å². The molecule has 1 unspecified atom stereocenters. The van der Waals surface area contributed by atoms with Gasteiger partial charge in [-0.2, -0.15) is 0 Å². The minimum atomic E-state index is 0.785. The third-order valence-electron chi connectivity index (χ3n) is 4.17. The van der Waals surface area contributed by atoms with Crippen LogP contribution in [-0.4, -0.2) is 29.5 Å². The first-order valence-electron chi connectivity index (χ1n) is 7.25. The van der Waals surface area contributed by atoms with E-state index in [1.807, 2.05) is 6.08 Å². The van der Waals surface area contributed by atoms with Gasteiger partial charge in [0, 0.05) is 30.2 Å². The molecular formula is C17H22N2. The Morgan fingerprint density at radius 2 is 2.26 bits per heavy atom. The van der Waals surface area contributed by atoms with Crippen LogP contribution in [0.25, 0.3) is 10.9 Å². The Hall–Kier alpha value is -1.54. The van der Waals surface area contributed by atoms with Gasteiger partial charge in [-0.3, -0.25) is 4.90 Å². The Labute approximate surface area is 115 Å². The highest BCUT2D eigenvalue weighted by atomic mass is 15.1. The van der Waals surface area contributed by atoms with Gasteiger partial charge < -0.3 is 4.98 Å². The molecule has 1 aliphatic heterocycles. The smallest absolute Gasteiger partial charge is 0.0456 e. The van der Waals surface area contributed by atoms with Crippen LogP contribution in [0.15, 0.2) is 43.1 Å². The highest BCUT2D eigenvalue weighted by Gasteiger charge is 2.20. The van der Waals surface area contributed by atoms with Gasteiger partial charge in [-0.1, -0.05) is 24.3 Å². The number of aromatic nitrogens is 1. The van der Waals surface area contributed by atoms with Crippen LogP contribution in [-0.2, 0) is 6.42 Å². The number of nitrogens with one attached hydrogen (secondary N) is 1. The van der Waals surface area contributed by atoms with Crippen molar-refractivity contribution in [3.05, 3.63) is 48.7 Å². The lowest BCUT2D eigenvalue weighted by molar-refractivity contribution is 0.191. The number of hydrogen-bond donors (Lipinski definition) is 1. The molecule has 19 heavy (non-hydrogen) atoms. The predicted molar refractivity (Wildman–Crippen MR) is 81.4 cm³/mol. The Morgan fingerprint density at radius 3 is 3.16 bits per heavy atom. The van der Waals surface area contributed by atoms with Gasteiger partial charge in [0.25, 0.3) is 0 Å². The molecule has 0 amide bonds. The van der Waals surface area contributed by atoms with E-state index < -0.39 is 0 Å². The van der Waals surface area contributed by atoms with Crippen molar-refractivity contribution in [2.45, 2.75) is 19.3 Å². The summed E-state index contributed by atoms with van der Waals surface area (Å²) in [5.41, 5.74) is 2.73. The van der Waals surface area contributed by atoms with E-state index in [0.717, 1.165) is 12.5 Å². The third kappa shape index (κ3) is 2.74. The molecule has 0 saturated carbocycles. The quantitative estimate of drug-likeness (QED) is 0.826. The number of piperidine rings is 1. The summed E-state index contributed by atoms with van der Waals surface area (Å²) in [5.74, 6) is 0.785. The number of para-hydroxylation sites is 1. The van der Waals surface area contributed by atoms with Crippen LogP contribution in [0, 0.1) is 5.92 Å². The molecule has 1 atom stereocenters. The minimum absolute atomic E-state index is 0.785. The molecule has 1 aliphatic rings. The molecule has 100 valence electrons. The first-order valence-corrected chi connectivity index (χ1v) is 7.25. The van der Waals surface area contributed by atoms with Crippen LogP contribution < -0.4 is 0 Å². The van der Waals surface area contributed by atoms with Gasteiger partial charge in [0.2, 0.25) is 0 Å². The second-order valence-electron chi connectivity index (χ2n) is 5.62. The standard InChI is InChI=1S/C17H22N2/c1-2-9-19-10-5-6-14(13-19)11-15-12-18-17-8-4-3-7-16(15)17/h2-4,7-8,12,14,18H,1,5-6,9-11,13H2. The lowest BCUT2D eigenvalue weighted by Crippen LogP contribution is -2.36. The molecule has 2 heterocycles. The molecule has 2 nitrogen and oxygen atoms in total. The summed E-state index contributed by atoms with van der Waals surface area (Å²) in [6.45, 7) is 7.33. The zero-order chi connectivity index (χ0) is 13.1. The summed E-state index contributed by atoms with van der Waals surface area (Å²) >= 11 is 0. The van der Waals surface area contributed by atoms with Crippen molar-refractivity contribution in [2.75, 3.05) is 19.6 Å². The number of hydrogen-bond acceptors (Lipinski definition) is 1. The molecule has 1 aromatic heterocycles. The summed E-state index contributed by atoms with van der Waals surface area (Å²) in [7, 11) is 0. The molecule has 0 bridgehead atoms. The lowest BCUT2D eigenvalue weighted by Gasteiger charge is -2.31. The Kier molecular flexibility index (Phi) is 3.69. The van der Waals surface area contributed by atoms with E-state index in [1.54, 1.807) is 0 Å². The van der Waals surface area contributed by atoms with E-state index in [9.17, 15) is 0 Å². The summed E-state index contributed by atoms with van der Waals surface area (Å²) in [6, 6.07) is 8.61. The summed E-state index contributed by atoms with van der Waals surface area (Å²) in [4.78, 5) is 5.91. The topological polar surface area (TPSA) is 19.0 Å². The fourth-order valence-electron chi connectivity index (χ4n) is 3.28. The second kappa shape index (κ2) is 5.62. The van der Waals surface area contributed by atoms with Crippen LogP contribution in [0.2, 0.25) is 0 Å². The van der Waals surface area contributed by atoms with Crippen molar-refractivity contribution in [3.8, 4) is 0 Å². The van der Waals surface area contributed by atoms with Gasteiger partial charge in [0.05, 0.1) is 0 Å². The maximum Gasteiger partial charge on any atom is 0.0456 e. The molecular weight excluding hydrogens is 232 g/mol. The number of aromatic amines is 1. The van der Waals surface area contributed by atoms with Crippen LogP contribution in [0.5, 0.6) is 0 Å². The monoisotopic (exact) mass is 254 g/mol. The van der Waals surface area contributed by atoms with Crippen molar-refractivity contribution >= 4 is 10.9 Å². The van der Waals surface area contributed by atoms with Crippen LogP contribution >= 0.6 is 0 Å². The number of H-pyrrole nitrogens is 1. The normalized spacial score (nSPS) is 20.7. The summed E-state index contributed by atoms with van der Waals surface area (Å²) in [6.07, 6.45) is 8.08. The fraction of sp³-hybridized carbons (Fsp3) is 0.412. The van der Waals surface area contributed by atoms with E-state index >= 15 is 0 Å². The molecule has 0 radical (unpaired) electrons. The molecule has 3 rings (SSSR count). The zero-order valence-electron chi connectivity index (χ0n) is 11.4. The van der Waals surface area contributed by atoms with Crippen molar-refractivity contribution in [2.24, 2.45) is 5.92 Å². The molecule has 1 fully saturated rings. The van der Waals surface area contributed by atoms with Crippen molar-refractivity contribution in [3.63, 3.8) is 0 Å². The SMILES string of the molecule is C=CCN1CCCC(Cc2c[nH]c3ccccc23)C1. The Bertz CT molecular complexity index is 555. The largest absolute Gasteiger partial charge is 0.361 e. The van der Waals surface area contributed by atoms with Crippen LogP contribution in [0.1, 0.15) is 18.4 Å². The van der Waals surface area contributed by atoms with Gasteiger partial charge in [-0.05, 0) is 43.4 Å². The Morgan fingerprint density at radius 1 is 1.37 bits per heavy atom. The van der Waals surface area contributed by atoms with Gasteiger partial charge in [-0.25, -0.2) is 0 Å². The maximum atomic E-state index is 3.85. The first kappa shape index (κ1) is 12.5. The van der Waals surface area contributed by atoms with E-state index in [1.165, 1.54) is 48.8 Å². The second-order valence-corrected chi connectivity index (χ2v) is 5.62. The highest BCUT2D eigenvalue weighted by Crippen LogP contribution is 2.25. The first-order chi connectivity index (χ1) is 9.36. The summed E-state index contributed by atoms with van der Waals surface area (Å²) in [5, 5.41) is 1.39. The van der Waals surface area contributed by atoms with Gasteiger partial charge in [-0.15, -0.1) is 6.58 Å². The van der Waals surface area contributed by atoms with E-state index in [4.69, 9.17) is 0 Å². The van der Waals surface area contributed by atoms with E-state index in [2.05, 4.69) is 46.9 Å². The minimum Gasteiger partial charge on any atom is -0.361 e. The number of benzene rings is 1. The molecule has 1 N–H and O–H groups in total. The average molecular weight is 254 g/mol. The van der Waals surface area contributed by atoms with Crippen molar-refractivity contribution in [1.29, 1.82) is 0 Å². The number of rotatable bonds is 4. The van der Waals surface area contributed by atoms with Gasteiger partial charge in [0.15, 0.2) is 0 Å².